The van der Waals surface area contributed by atoms with Gasteiger partial charge in [0.1, 0.15) is 5.82 Å². The minimum absolute atomic E-state index is 0.0182. The number of rotatable bonds is 4. The molecule has 0 aliphatic heterocycles. The number of nitrogens with zero attached hydrogens (tertiary/aromatic N) is 3. The first-order valence-corrected chi connectivity index (χ1v) is 4.58. The minimum atomic E-state index is -0.491. The fraction of sp³-hybridized carbons (Fsp3) is 0.333. The number of nitrogens with one attached hydrogen (secondary N) is 1. The van der Waals surface area contributed by atoms with Crippen molar-refractivity contribution < 1.29 is 9.59 Å². The van der Waals surface area contributed by atoms with Gasteiger partial charge in [-0.1, -0.05) is 0 Å². The van der Waals surface area contributed by atoms with Crippen molar-refractivity contribution in [2.24, 2.45) is 5.73 Å². The number of anilines is 1. The number of primary amides is 1. The topological polar surface area (TPSA) is 101 Å². The van der Waals surface area contributed by atoms with Gasteiger partial charge in [-0.3, -0.25) is 9.59 Å². The predicted octanol–water partition coefficient (Wildman–Crippen LogP) is -0.924. The Balaban J connectivity index is 2.68. The van der Waals surface area contributed by atoms with Crippen LogP contribution in [0.5, 0.6) is 0 Å². The molecular formula is C9H13N5O2. The summed E-state index contributed by atoms with van der Waals surface area (Å²) in [5, 5.41) is 10.1. The van der Waals surface area contributed by atoms with Crippen LogP contribution in [0, 0.1) is 0 Å². The Morgan fingerprint density at radius 2 is 2.06 bits per heavy atom. The maximum Gasteiger partial charge on any atom is 0.273 e. The molecule has 1 rings (SSSR count). The molecule has 0 aromatic carbocycles. The summed E-state index contributed by atoms with van der Waals surface area (Å²) in [5.41, 5.74) is 5.19. The third kappa shape index (κ3) is 3.19. The summed E-state index contributed by atoms with van der Waals surface area (Å²) in [4.78, 5) is 23.3. The van der Waals surface area contributed by atoms with Crippen LogP contribution >= 0.6 is 0 Å². The Morgan fingerprint density at radius 1 is 1.38 bits per heavy atom. The van der Waals surface area contributed by atoms with E-state index in [2.05, 4.69) is 15.5 Å². The number of amides is 2. The van der Waals surface area contributed by atoms with Crippen molar-refractivity contribution in [3.05, 3.63) is 17.8 Å². The van der Waals surface area contributed by atoms with Crippen molar-refractivity contribution in [1.29, 1.82) is 0 Å². The molecule has 0 unspecified atom stereocenters. The second kappa shape index (κ2) is 5.06. The Labute approximate surface area is 92.6 Å². The molecule has 2 amide bonds. The first-order valence-electron chi connectivity index (χ1n) is 4.58. The second-order valence-corrected chi connectivity index (χ2v) is 3.32. The molecule has 0 saturated carbocycles. The highest BCUT2D eigenvalue weighted by Gasteiger charge is 2.09. The summed E-state index contributed by atoms with van der Waals surface area (Å²) in [6.07, 6.45) is 0. The van der Waals surface area contributed by atoms with Gasteiger partial charge in [0.25, 0.3) is 5.91 Å². The van der Waals surface area contributed by atoms with Crippen molar-refractivity contribution in [1.82, 2.24) is 15.1 Å². The zero-order valence-electron chi connectivity index (χ0n) is 9.10. The maximum absolute atomic E-state index is 11.5. The van der Waals surface area contributed by atoms with Crippen LogP contribution in [0.25, 0.3) is 0 Å². The highest BCUT2D eigenvalue weighted by atomic mass is 16.2. The van der Waals surface area contributed by atoms with Crippen LogP contribution in [0.1, 0.15) is 10.5 Å². The lowest BCUT2D eigenvalue weighted by Gasteiger charge is -2.09. The number of hydrogen-bond acceptors (Lipinski definition) is 5. The molecule has 0 aliphatic rings. The fourth-order valence-electron chi connectivity index (χ4n) is 0.947. The van der Waals surface area contributed by atoms with Gasteiger partial charge < -0.3 is 16.0 Å². The number of nitrogens with two attached hydrogens (primary N) is 1. The van der Waals surface area contributed by atoms with Gasteiger partial charge in [-0.05, 0) is 12.1 Å². The van der Waals surface area contributed by atoms with E-state index >= 15 is 0 Å². The van der Waals surface area contributed by atoms with E-state index in [1.54, 1.807) is 20.2 Å². The van der Waals surface area contributed by atoms with Crippen LogP contribution in [-0.2, 0) is 4.79 Å². The average Bonchev–Trinajstić information content (AvgIpc) is 2.26. The third-order valence-electron chi connectivity index (χ3n) is 1.73. The largest absolute Gasteiger partial charge is 0.368 e. The standard InChI is InChI=1S/C9H13N5O2/c1-14(2)9(16)6-3-4-8(13-12-6)11-5-7(10)15/h3-4H,5H2,1-2H3,(H2,10,15)(H,11,13). The molecule has 0 spiro atoms. The average molecular weight is 223 g/mol. The van der Waals surface area contributed by atoms with Gasteiger partial charge >= 0.3 is 0 Å². The minimum Gasteiger partial charge on any atom is -0.368 e. The lowest BCUT2D eigenvalue weighted by atomic mass is 10.3. The van der Waals surface area contributed by atoms with E-state index in [-0.39, 0.29) is 18.1 Å². The fourth-order valence-corrected chi connectivity index (χ4v) is 0.947. The van der Waals surface area contributed by atoms with E-state index in [1.807, 2.05) is 0 Å². The molecule has 0 saturated heterocycles. The van der Waals surface area contributed by atoms with Crippen molar-refractivity contribution in [3.63, 3.8) is 0 Å². The van der Waals surface area contributed by atoms with Gasteiger partial charge in [-0.2, -0.15) is 0 Å². The van der Waals surface area contributed by atoms with Crippen LogP contribution in [0.4, 0.5) is 5.82 Å². The van der Waals surface area contributed by atoms with Gasteiger partial charge in [0.15, 0.2) is 5.69 Å². The van der Waals surface area contributed by atoms with E-state index in [9.17, 15) is 9.59 Å². The van der Waals surface area contributed by atoms with E-state index in [0.717, 1.165) is 0 Å². The van der Waals surface area contributed by atoms with Gasteiger partial charge in [0.2, 0.25) is 5.91 Å². The summed E-state index contributed by atoms with van der Waals surface area (Å²) in [6.45, 7) is -0.0182. The molecule has 7 nitrogen and oxygen atoms in total. The van der Waals surface area contributed by atoms with Crippen LogP contribution in [-0.4, -0.2) is 47.6 Å². The SMILES string of the molecule is CN(C)C(=O)c1ccc(NCC(N)=O)nn1. The molecule has 16 heavy (non-hydrogen) atoms. The van der Waals surface area contributed by atoms with E-state index in [1.165, 1.54) is 11.0 Å². The number of carbonyl (C=O) groups is 2. The van der Waals surface area contributed by atoms with E-state index in [4.69, 9.17) is 5.73 Å². The maximum atomic E-state index is 11.5. The Kier molecular flexibility index (Phi) is 3.76. The van der Waals surface area contributed by atoms with Gasteiger partial charge in [-0.15, -0.1) is 10.2 Å². The van der Waals surface area contributed by atoms with Crippen LogP contribution in [0.2, 0.25) is 0 Å². The first kappa shape index (κ1) is 11.9. The normalized spacial score (nSPS) is 9.62. The highest BCUT2D eigenvalue weighted by molar-refractivity contribution is 5.91. The van der Waals surface area contributed by atoms with Crippen molar-refractivity contribution in [2.75, 3.05) is 26.0 Å². The number of aromatic nitrogens is 2. The summed E-state index contributed by atoms with van der Waals surface area (Å²) < 4.78 is 0. The predicted molar refractivity (Wildman–Crippen MR) is 57.7 cm³/mol. The lowest BCUT2D eigenvalue weighted by Crippen LogP contribution is -2.24. The molecule has 0 radical (unpaired) electrons. The smallest absolute Gasteiger partial charge is 0.273 e. The second-order valence-electron chi connectivity index (χ2n) is 3.32. The Hall–Kier alpha value is -2.18. The number of carbonyl (C=O) groups excluding carboxylic acids is 2. The van der Waals surface area contributed by atoms with Crippen molar-refractivity contribution >= 4 is 17.6 Å². The van der Waals surface area contributed by atoms with E-state index in [0.29, 0.717) is 5.82 Å². The summed E-state index contributed by atoms with van der Waals surface area (Å²) in [5.74, 6) is -0.321. The molecule has 1 heterocycles. The van der Waals surface area contributed by atoms with Gasteiger partial charge in [0, 0.05) is 14.1 Å². The van der Waals surface area contributed by atoms with Crippen molar-refractivity contribution in [2.45, 2.75) is 0 Å². The summed E-state index contributed by atoms with van der Waals surface area (Å²) in [6, 6.07) is 3.09. The molecule has 1 aromatic rings. The molecular weight excluding hydrogens is 210 g/mol. The van der Waals surface area contributed by atoms with Gasteiger partial charge in [0.05, 0.1) is 6.54 Å². The highest BCUT2D eigenvalue weighted by Crippen LogP contribution is 2.02. The first-order chi connectivity index (χ1) is 7.50. The zero-order chi connectivity index (χ0) is 12.1. The monoisotopic (exact) mass is 223 g/mol. The molecule has 0 atom stereocenters. The molecule has 0 bridgehead atoms. The van der Waals surface area contributed by atoms with Gasteiger partial charge in [-0.25, -0.2) is 0 Å². The van der Waals surface area contributed by atoms with Crippen molar-refractivity contribution in [3.8, 4) is 0 Å². The molecule has 1 aromatic heterocycles. The zero-order valence-corrected chi connectivity index (χ0v) is 9.10. The van der Waals surface area contributed by atoms with Crippen LogP contribution in [0.3, 0.4) is 0 Å². The Bertz CT molecular complexity index is 387. The van der Waals surface area contributed by atoms with E-state index < -0.39 is 5.91 Å². The molecule has 0 aliphatic carbocycles. The Morgan fingerprint density at radius 3 is 2.50 bits per heavy atom. The quantitative estimate of drug-likeness (QED) is 0.687. The summed E-state index contributed by atoms with van der Waals surface area (Å²) in [7, 11) is 3.26. The van der Waals surface area contributed by atoms with Crippen LogP contribution < -0.4 is 11.1 Å². The molecule has 0 fully saturated rings. The molecule has 86 valence electrons. The number of hydrogen-bond donors (Lipinski definition) is 2. The lowest BCUT2D eigenvalue weighted by molar-refractivity contribution is -0.116. The molecule has 3 N–H and O–H groups in total. The third-order valence-corrected chi connectivity index (χ3v) is 1.73. The summed E-state index contributed by atoms with van der Waals surface area (Å²) >= 11 is 0. The molecule has 7 heteroatoms. The van der Waals surface area contributed by atoms with Crippen LogP contribution in [0.15, 0.2) is 12.1 Å².